The lowest BCUT2D eigenvalue weighted by Crippen LogP contribution is -2.47. The molecule has 3 N–H and O–H groups in total. The highest BCUT2D eigenvalue weighted by Gasteiger charge is 2.51. The lowest BCUT2D eigenvalue weighted by Gasteiger charge is -2.35. The molecule has 7 heteroatoms. The molecule has 0 saturated heterocycles. The molecular formula is C18H20N2O5. The van der Waals surface area contributed by atoms with Crippen LogP contribution in [0, 0.1) is 0 Å². The largest absolute Gasteiger partial charge is 0.505 e. The Labute approximate surface area is 144 Å². The van der Waals surface area contributed by atoms with Crippen LogP contribution in [0.3, 0.4) is 0 Å². The van der Waals surface area contributed by atoms with Crippen LogP contribution < -0.4 is 5.32 Å². The minimum atomic E-state index is -1.20. The number of carbonyl (C=O) groups is 3. The number of aliphatic carboxylic acids is 1. The van der Waals surface area contributed by atoms with Gasteiger partial charge in [-0.2, -0.15) is 0 Å². The first-order chi connectivity index (χ1) is 11.9. The molecule has 0 unspecified atom stereocenters. The molecule has 4 rings (SSSR count). The fourth-order valence-electron chi connectivity index (χ4n) is 4.12. The fraction of sp³-hybridized carbons (Fsp3) is 0.500. The Bertz CT molecular complexity index is 809. The molecule has 1 spiro atoms. The Hall–Kier alpha value is -2.57. The third-order valence-corrected chi connectivity index (χ3v) is 5.54. The number of rotatable bonds is 4. The van der Waals surface area contributed by atoms with Crippen molar-refractivity contribution in [1.82, 2.24) is 9.88 Å². The molecule has 0 radical (unpaired) electrons. The van der Waals surface area contributed by atoms with E-state index in [1.807, 2.05) is 16.8 Å². The van der Waals surface area contributed by atoms with E-state index in [4.69, 9.17) is 5.11 Å². The highest BCUT2D eigenvalue weighted by molar-refractivity contribution is 6.27. The predicted octanol–water partition coefficient (Wildman–Crippen LogP) is 1.69. The van der Waals surface area contributed by atoms with Gasteiger partial charge in [-0.3, -0.25) is 14.4 Å². The lowest BCUT2D eigenvalue weighted by molar-refractivity contribution is -0.138. The van der Waals surface area contributed by atoms with Crippen molar-refractivity contribution in [2.45, 2.75) is 50.0 Å². The number of hydrogen-bond donors (Lipinski definition) is 3. The third-order valence-electron chi connectivity index (χ3n) is 5.54. The van der Waals surface area contributed by atoms with Crippen LogP contribution in [0.15, 0.2) is 17.8 Å². The maximum atomic E-state index is 13.2. The van der Waals surface area contributed by atoms with Crippen molar-refractivity contribution < 1.29 is 24.6 Å². The highest BCUT2D eigenvalue weighted by Crippen LogP contribution is 2.48. The van der Waals surface area contributed by atoms with Crippen molar-refractivity contribution >= 4 is 23.4 Å². The second-order valence-electron chi connectivity index (χ2n) is 7.17. The predicted molar refractivity (Wildman–Crippen MR) is 88.1 cm³/mol. The molecule has 3 aliphatic rings. The first kappa shape index (κ1) is 15.9. The van der Waals surface area contributed by atoms with Crippen molar-refractivity contribution in [3.05, 3.63) is 29.1 Å². The first-order valence-electron chi connectivity index (χ1n) is 8.65. The van der Waals surface area contributed by atoms with E-state index in [-0.39, 0.29) is 11.3 Å². The van der Waals surface area contributed by atoms with Crippen molar-refractivity contribution in [1.29, 1.82) is 0 Å². The van der Waals surface area contributed by atoms with Gasteiger partial charge in [0.05, 0.1) is 5.69 Å². The number of fused-ring (bicyclic) bond motifs is 2. The van der Waals surface area contributed by atoms with Gasteiger partial charge < -0.3 is 20.1 Å². The molecule has 1 aromatic heterocycles. The molecule has 1 amide bonds. The van der Waals surface area contributed by atoms with E-state index in [0.29, 0.717) is 24.5 Å². The number of nitrogens with zero attached hydrogens (tertiary/aromatic N) is 1. The van der Waals surface area contributed by atoms with Gasteiger partial charge in [0.15, 0.2) is 11.5 Å². The minimum absolute atomic E-state index is 0.309. The molecule has 0 aromatic carbocycles. The zero-order valence-electron chi connectivity index (χ0n) is 13.7. The molecule has 132 valence electrons. The summed E-state index contributed by atoms with van der Waals surface area (Å²) in [6.45, 7) is -0.593. The molecular weight excluding hydrogens is 324 g/mol. The number of carboxylic acids is 1. The van der Waals surface area contributed by atoms with Crippen molar-refractivity contribution in [2.75, 3.05) is 6.54 Å². The van der Waals surface area contributed by atoms with E-state index in [0.717, 1.165) is 31.2 Å². The summed E-state index contributed by atoms with van der Waals surface area (Å²) in [7, 11) is 0. The van der Waals surface area contributed by atoms with Crippen molar-refractivity contribution in [2.24, 2.45) is 0 Å². The Morgan fingerprint density at radius 1 is 1.28 bits per heavy atom. The Morgan fingerprint density at radius 3 is 2.56 bits per heavy atom. The molecule has 1 aromatic rings. The van der Waals surface area contributed by atoms with E-state index in [9.17, 15) is 19.5 Å². The molecule has 1 aliphatic heterocycles. The summed E-state index contributed by atoms with van der Waals surface area (Å²) in [5.74, 6) is -2.32. The van der Waals surface area contributed by atoms with E-state index in [1.54, 1.807) is 0 Å². The second kappa shape index (κ2) is 5.47. The number of ketones is 1. The summed E-state index contributed by atoms with van der Waals surface area (Å²) >= 11 is 0. The summed E-state index contributed by atoms with van der Waals surface area (Å²) in [6.07, 6.45) is 7.17. The normalized spacial score (nSPS) is 21.5. The van der Waals surface area contributed by atoms with Gasteiger partial charge in [-0.1, -0.05) is 12.8 Å². The molecule has 0 atom stereocenters. The first-order valence-corrected chi connectivity index (χ1v) is 8.65. The average molecular weight is 344 g/mol. The minimum Gasteiger partial charge on any atom is -0.505 e. The molecule has 2 fully saturated rings. The van der Waals surface area contributed by atoms with Gasteiger partial charge in [0.2, 0.25) is 0 Å². The molecule has 25 heavy (non-hydrogen) atoms. The second-order valence-corrected chi connectivity index (χ2v) is 7.17. The number of nitrogens with one attached hydrogen (secondary N) is 1. The van der Waals surface area contributed by atoms with E-state index < -0.39 is 29.7 Å². The van der Waals surface area contributed by atoms with Gasteiger partial charge in [-0.25, -0.2) is 0 Å². The van der Waals surface area contributed by atoms with Crippen LogP contribution in [-0.4, -0.2) is 39.0 Å². The van der Waals surface area contributed by atoms with Crippen LogP contribution in [0.4, 0.5) is 0 Å². The van der Waals surface area contributed by atoms with Crippen LogP contribution in [0.25, 0.3) is 5.76 Å². The summed E-state index contributed by atoms with van der Waals surface area (Å²) in [6, 6.07) is 1.87. The van der Waals surface area contributed by atoms with Crippen molar-refractivity contribution in [3.8, 4) is 0 Å². The van der Waals surface area contributed by atoms with Crippen LogP contribution in [0.5, 0.6) is 0 Å². The SMILES string of the molecule is O=C(O)CNC(=O)C1=C(O)c2cc(C3CC3)cn2C2(CCCC2)C1=O. The summed E-state index contributed by atoms with van der Waals surface area (Å²) in [4.78, 5) is 36.3. The molecule has 2 saturated carbocycles. The summed E-state index contributed by atoms with van der Waals surface area (Å²) in [5, 5.41) is 21.6. The number of carboxylic acid groups (broad SMARTS) is 1. The highest BCUT2D eigenvalue weighted by atomic mass is 16.4. The van der Waals surface area contributed by atoms with E-state index >= 15 is 0 Å². The number of Topliss-reactive ketones (excluding diaryl/α,β-unsaturated/α-hetero) is 1. The van der Waals surface area contributed by atoms with Gasteiger partial charge in [-0.05, 0) is 43.2 Å². The Morgan fingerprint density at radius 2 is 1.96 bits per heavy atom. The van der Waals surface area contributed by atoms with E-state index in [2.05, 4.69) is 5.32 Å². The Kier molecular flexibility index (Phi) is 3.49. The quantitative estimate of drug-likeness (QED) is 0.720. The lowest BCUT2D eigenvalue weighted by atomic mass is 9.83. The zero-order chi connectivity index (χ0) is 17.8. The number of carbonyl (C=O) groups excluding carboxylic acids is 2. The average Bonchev–Trinajstić information content (AvgIpc) is 3.12. The van der Waals surface area contributed by atoms with Crippen molar-refractivity contribution in [3.63, 3.8) is 0 Å². The smallest absolute Gasteiger partial charge is 0.322 e. The third kappa shape index (κ3) is 2.37. The number of aliphatic hydroxyl groups excluding tert-OH is 1. The summed E-state index contributed by atoms with van der Waals surface area (Å²) in [5.41, 5.74) is 0.442. The zero-order valence-corrected chi connectivity index (χ0v) is 13.7. The van der Waals surface area contributed by atoms with Gasteiger partial charge in [0.1, 0.15) is 17.7 Å². The van der Waals surface area contributed by atoms with Gasteiger partial charge in [0.25, 0.3) is 5.91 Å². The van der Waals surface area contributed by atoms with Gasteiger partial charge in [0, 0.05) is 6.20 Å². The number of hydrogen-bond acceptors (Lipinski definition) is 4. The maximum absolute atomic E-state index is 13.2. The topological polar surface area (TPSA) is 109 Å². The van der Waals surface area contributed by atoms with E-state index in [1.165, 1.54) is 0 Å². The van der Waals surface area contributed by atoms with Crippen LogP contribution in [0.1, 0.15) is 55.7 Å². The standard InChI is InChI=1S/C18H20N2O5/c21-13(22)8-19-17(25)14-15(23)12-7-11(10-3-4-10)9-20(12)18(16(14)24)5-1-2-6-18/h7,9-10,23H,1-6,8H2,(H,19,25)(H,21,22). The molecule has 2 heterocycles. The molecule has 7 nitrogen and oxygen atoms in total. The maximum Gasteiger partial charge on any atom is 0.322 e. The van der Waals surface area contributed by atoms with Gasteiger partial charge in [-0.15, -0.1) is 0 Å². The number of aromatic nitrogens is 1. The monoisotopic (exact) mass is 344 g/mol. The Balaban J connectivity index is 1.81. The van der Waals surface area contributed by atoms with Gasteiger partial charge >= 0.3 is 5.97 Å². The van der Waals surface area contributed by atoms with Crippen LogP contribution in [-0.2, 0) is 19.9 Å². The van der Waals surface area contributed by atoms with Crippen LogP contribution >= 0.6 is 0 Å². The fourth-order valence-corrected chi connectivity index (χ4v) is 4.12. The molecule has 0 bridgehead atoms. The number of amides is 1. The molecule has 2 aliphatic carbocycles. The number of aliphatic hydroxyl groups is 1. The summed E-state index contributed by atoms with van der Waals surface area (Å²) < 4.78 is 1.86. The van der Waals surface area contributed by atoms with Crippen LogP contribution in [0.2, 0.25) is 0 Å².